The third kappa shape index (κ3) is 3.67. The molecule has 0 radical (unpaired) electrons. The standard InChI is InChI=1S/C23H25N3O2S/c27-14-17-13-24-22-21(20(17)16-9-10-16)29-23(25-22)26-12-4-7-18(26)19(28)11-8-15-5-2-1-3-6-15/h1-3,5-6,13,16,18,27H,4,7-12,14H2/t18-/m1/s1. The highest BCUT2D eigenvalue weighted by molar-refractivity contribution is 7.22. The van der Waals surface area contributed by atoms with Crippen molar-refractivity contribution in [3.8, 4) is 0 Å². The number of carbonyl (C=O) groups is 1. The van der Waals surface area contributed by atoms with E-state index < -0.39 is 0 Å². The van der Waals surface area contributed by atoms with Gasteiger partial charge in [0.1, 0.15) is 0 Å². The van der Waals surface area contributed by atoms with Crippen LogP contribution in [0.15, 0.2) is 36.5 Å². The first-order chi connectivity index (χ1) is 14.2. The second kappa shape index (κ2) is 7.84. The first-order valence-electron chi connectivity index (χ1n) is 10.5. The number of Topliss-reactive ketones (excluding diaryl/α,β-unsaturated/α-hetero) is 1. The zero-order valence-electron chi connectivity index (χ0n) is 16.4. The van der Waals surface area contributed by atoms with Crippen LogP contribution in [0.5, 0.6) is 0 Å². The molecule has 5 rings (SSSR count). The number of fused-ring (bicyclic) bond motifs is 1. The number of hydrogen-bond acceptors (Lipinski definition) is 6. The molecule has 0 unspecified atom stereocenters. The Balaban J connectivity index is 1.38. The van der Waals surface area contributed by atoms with Gasteiger partial charge in [0.15, 0.2) is 16.6 Å². The number of anilines is 1. The molecular formula is C23H25N3O2S. The number of aryl methyl sites for hydroxylation is 1. The first-order valence-corrected chi connectivity index (χ1v) is 11.3. The van der Waals surface area contributed by atoms with Crippen LogP contribution in [0.3, 0.4) is 0 Å². The van der Waals surface area contributed by atoms with Crippen molar-refractivity contribution in [3.63, 3.8) is 0 Å². The summed E-state index contributed by atoms with van der Waals surface area (Å²) in [5.41, 5.74) is 4.12. The van der Waals surface area contributed by atoms with Gasteiger partial charge >= 0.3 is 0 Å². The van der Waals surface area contributed by atoms with E-state index in [1.807, 2.05) is 18.2 Å². The van der Waals surface area contributed by atoms with Crippen LogP contribution in [0.25, 0.3) is 10.3 Å². The summed E-state index contributed by atoms with van der Waals surface area (Å²) in [6.45, 7) is 0.888. The first kappa shape index (κ1) is 18.7. The normalized spacial score (nSPS) is 19.2. The Morgan fingerprint density at radius 1 is 1.21 bits per heavy atom. The van der Waals surface area contributed by atoms with Crippen molar-refractivity contribution in [1.82, 2.24) is 9.97 Å². The maximum Gasteiger partial charge on any atom is 0.188 e. The monoisotopic (exact) mass is 407 g/mol. The molecule has 2 aliphatic rings. The van der Waals surface area contributed by atoms with Crippen LogP contribution in [0.4, 0.5) is 5.13 Å². The van der Waals surface area contributed by atoms with Gasteiger partial charge in [-0.15, -0.1) is 0 Å². The molecule has 0 amide bonds. The van der Waals surface area contributed by atoms with E-state index in [1.54, 1.807) is 17.5 Å². The van der Waals surface area contributed by atoms with E-state index in [4.69, 9.17) is 4.98 Å². The maximum atomic E-state index is 13.0. The molecule has 6 heteroatoms. The van der Waals surface area contributed by atoms with Crippen molar-refractivity contribution in [3.05, 3.63) is 53.2 Å². The smallest absolute Gasteiger partial charge is 0.188 e. The van der Waals surface area contributed by atoms with E-state index in [9.17, 15) is 9.90 Å². The van der Waals surface area contributed by atoms with Gasteiger partial charge < -0.3 is 10.0 Å². The summed E-state index contributed by atoms with van der Waals surface area (Å²) in [7, 11) is 0. The van der Waals surface area contributed by atoms with Crippen LogP contribution in [-0.2, 0) is 17.8 Å². The zero-order chi connectivity index (χ0) is 19.8. The Morgan fingerprint density at radius 2 is 2.03 bits per heavy atom. The lowest BCUT2D eigenvalue weighted by molar-refractivity contribution is -0.120. The van der Waals surface area contributed by atoms with Gasteiger partial charge in [-0.2, -0.15) is 4.98 Å². The molecule has 2 fully saturated rings. The van der Waals surface area contributed by atoms with Crippen LogP contribution in [-0.4, -0.2) is 33.4 Å². The molecule has 0 bridgehead atoms. The lowest BCUT2D eigenvalue weighted by Gasteiger charge is -2.22. The predicted molar refractivity (Wildman–Crippen MR) is 115 cm³/mol. The molecule has 1 saturated carbocycles. The molecule has 5 nitrogen and oxygen atoms in total. The number of aromatic nitrogens is 2. The van der Waals surface area contributed by atoms with Crippen LogP contribution < -0.4 is 4.90 Å². The van der Waals surface area contributed by atoms with Gasteiger partial charge in [0.2, 0.25) is 0 Å². The Morgan fingerprint density at radius 3 is 2.79 bits per heavy atom. The average Bonchev–Trinajstić information content (AvgIpc) is 3.30. The van der Waals surface area contributed by atoms with Crippen LogP contribution >= 0.6 is 11.3 Å². The highest BCUT2D eigenvalue weighted by Crippen LogP contribution is 2.47. The number of aliphatic hydroxyl groups is 1. The van der Waals surface area contributed by atoms with E-state index in [0.717, 1.165) is 46.8 Å². The Bertz CT molecular complexity index is 1030. The SMILES string of the molecule is O=C(CCc1ccccc1)[C@H]1CCCN1c1nc2ncc(CO)c(C3CC3)c2s1. The predicted octanol–water partition coefficient (Wildman–Crippen LogP) is 4.23. The van der Waals surface area contributed by atoms with Crippen LogP contribution in [0.1, 0.15) is 54.7 Å². The fourth-order valence-corrected chi connectivity index (χ4v) is 5.64. The van der Waals surface area contributed by atoms with Gasteiger partial charge in [-0.1, -0.05) is 41.7 Å². The lowest BCUT2D eigenvalue weighted by Crippen LogP contribution is -2.36. The average molecular weight is 408 g/mol. The Kier molecular flexibility index (Phi) is 5.06. The number of ketones is 1. The van der Waals surface area contributed by atoms with Gasteiger partial charge in [-0.25, -0.2) is 4.98 Å². The minimum absolute atomic E-state index is 0.0202. The largest absolute Gasteiger partial charge is 0.392 e. The topological polar surface area (TPSA) is 66.3 Å². The van der Waals surface area contributed by atoms with Crippen molar-refractivity contribution in [2.24, 2.45) is 0 Å². The third-order valence-corrected chi connectivity index (χ3v) is 7.18. The van der Waals surface area contributed by atoms with E-state index in [2.05, 4.69) is 22.0 Å². The summed E-state index contributed by atoms with van der Waals surface area (Å²) in [6, 6.07) is 10.1. The molecule has 1 aliphatic carbocycles. The number of hydrogen-bond donors (Lipinski definition) is 1. The molecule has 2 aromatic heterocycles. The van der Waals surface area contributed by atoms with E-state index in [-0.39, 0.29) is 12.6 Å². The molecule has 3 heterocycles. The summed E-state index contributed by atoms with van der Waals surface area (Å²) in [6.07, 6.45) is 7.38. The quantitative estimate of drug-likeness (QED) is 0.635. The fourth-order valence-electron chi connectivity index (χ4n) is 4.40. The summed E-state index contributed by atoms with van der Waals surface area (Å²) in [4.78, 5) is 24.5. The molecule has 0 spiro atoms. The van der Waals surface area contributed by atoms with Gasteiger partial charge in [0.25, 0.3) is 0 Å². The summed E-state index contributed by atoms with van der Waals surface area (Å²) < 4.78 is 1.09. The highest BCUT2D eigenvalue weighted by Gasteiger charge is 2.34. The van der Waals surface area contributed by atoms with E-state index >= 15 is 0 Å². The van der Waals surface area contributed by atoms with Crippen molar-refractivity contribution in [2.75, 3.05) is 11.4 Å². The fraction of sp³-hybridized carbons (Fsp3) is 0.435. The minimum Gasteiger partial charge on any atom is -0.392 e. The summed E-state index contributed by atoms with van der Waals surface area (Å²) in [5, 5.41) is 10.6. The van der Waals surface area contributed by atoms with Crippen molar-refractivity contribution in [1.29, 1.82) is 0 Å². The lowest BCUT2D eigenvalue weighted by atomic mass is 10.0. The third-order valence-electron chi connectivity index (χ3n) is 6.06. The van der Waals surface area contributed by atoms with E-state index in [0.29, 0.717) is 18.1 Å². The molecule has 1 atom stereocenters. The minimum atomic E-state index is -0.0824. The van der Waals surface area contributed by atoms with Gasteiger partial charge in [0, 0.05) is 24.7 Å². The number of carbonyl (C=O) groups excluding carboxylic acids is 1. The zero-order valence-corrected chi connectivity index (χ0v) is 17.2. The van der Waals surface area contributed by atoms with Crippen LogP contribution in [0, 0.1) is 0 Å². The van der Waals surface area contributed by atoms with Gasteiger partial charge in [-0.3, -0.25) is 4.79 Å². The molecule has 1 saturated heterocycles. The summed E-state index contributed by atoms with van der Waals surface area (Å²) >= 11 is 1.64. The number of pyridine rings is 1. The van der Waals surface area contributed by atoms with Crippen molar-refractivity contribution in [2.45, 2.75) is 57.1 Å². The maximum absolute atomic E-state index is 13.0. The van der Waals surface area contributed by atoms with E-state index in [1.165, 1.54) is 24.0 Å². The summed E-state index contributed by atoms with van der Waals surface area (Å²) in [5.74, 6) is 0.829. The molecule has 150 valence electrons. The molecule has 1 aromatic carbocycles. The Labute approximate surface area is 174 Å². The highest BCUT2D eigenvalue weighted by atomic mass is 32.1. The molecule has 1 aliphatic heterocycles. The molecule has 29 heavy (non-hydrogen) atoms. The molecule has 1 N–H and O–H groups in total. The van der Waals surface area contributed by atoms with Crippen LogP contribution in [0.2, 0.25) is 0 Å². The molecular weight excluding hydrogens is 382 g/mol. The molecule has 3 aromatic rings. The van der Waals surface area contributed by atoms with Gasteiger partial charge in [-0.05, 0) is 49.1 Å². The number of thiazole rings is 1. The van der Waals surface area contributed by atoms with Crippen molar-refractivity contribution < 1.29 is 9.90 Å². The van der Waals surface area contributed by atoms with Crippen molar-refractivity contribution >= 4 is 32.6 Å². The van der Waals surface area contributed by atoms with Gasteiger partial charge in [0.05, 0.1) is 17.3 Å². The number of nitrogens with zero attached hydrogens (tertiary/aromatic N) is 3. The second-order valence-corrected chi connectivity index (χ2v) is 9.06. The number of rotatable bonds is 7. The second-order valence-electron chi connectivity index (χ2n) is 8.08. The Hall–Kier alpha value is -2.31. The number of aliphatic hydroxyl groups excluding tert-OH is 1. The number of benzene rings is 1.